The fourth-order valence-corrected chi connectivity index (χ4v) is 2.98. The molecular formula is C14H14N2O4S. The first kappa shape index (κ1) is 14.1. The fraction of sp³-hybridized carbons (Fsp3) is 0.357. The van der Waals surface area contributed by atoms with Crippen LogP contribution in [0, 0.1) is 0 Å². The van der Waals surface area contributed by atoms with Crippen LogP contribution in [-0.2, 0) is 16.0 Å². The molecule has 3 rings (SSSR count). The van der Waals surface area contributed by atoms with Crippen molar-refractivity contribution < 1.29 is 18.8 Å². The quantitative estimate of drug-likeness (QED) is 0.837. The van der Waals surface area contributed by atoms with Gasteiger partial charge in [-0.2, -0.15) is 4.98 Å². The first-order valence-corrected chi connectivity index (χ1v) is 7.46. The van der Waals surface area contributed by atoms with Crippen molar-refractivity contribution in [3.05, 3.63) is 36.0 Å². The number of methoxy groups -OCH3 is 1. The minimum atomic E-state index is -0.264. The average molecular weight is 306 g/mol. The largest absolute Gasteiger partial charge is 0.480 e. The van der Waals surface area contributed by atoms with Crippen molar-refractivity contribution in [3.63, 3.8) is 0 Å². The minimum Gasteiger partial charge on any atom is -0.480 e. The van der Waals surface area contributed by atoms with Gasteiger partial charge in [0, 0.05) is 17.8 Å². The number of para-hydroxylation sites is 1. The van der Waals surface area contributed by atoms with Crippen LogP contribution in [0.1, 0.15) is 17.8 Å². The number of benzene rings is 1. The van der Waals surface area contributed by atoms with E-state index in [-0.39, 0.29) is 24.9 Å². The zero-order chi connectivity index (χ0) is 14.7. The first-order valence-electron chi connectivity index (χ1n) is 6.48. The van der Waals surface area contributed by atoms with E-state index >= 15 is 0 Å². The summed E-state index contributed by atoms with van der Waals surface area (Å²) in [6.07, 6.45) is -0.183. The van der Waals surface area contributed by atoms with Crippen molar-refractivity contribution in [2.24, 2.45) is 0 Å². The molecule has 6 nitrogen and oxygen atoms in total. The number of Topliss-reactive ketones (excluding diaryl/α,β-unsaturated/α-hetero) is 1. The van der Waals surface area contributed by atoms with Crippen LogP contribution < -0.4 is 4.74 Å². The summed E-state index contributed by atoms with van der Waals surface area (Å²) in [6.45, 7) is 0.0425. The number of nitrogens with zero attached hydrogens (tertiary/aromatic N) is 2. The highest BCUT2D eigenvalue weighted by Crippen LogP contribution is 2.39. The Hall–Kier alpha value is -1.86. The lowest BCUT2D eigenvalue weighted by Gasteiger charge is -2.22. The fourth-order valence-electron chi connectivity index (χ4n) is 2.00. The van der Waals surface area contributed by atoms with Crippen molar-refractivity contribution in [1.29, 1.82) is 0 Å². The normalized spacial score (nSPS) is 17.1. The van der Waals surface area contributed by atoms with Gasteiger partial charge in [-0.1, -0.05) is 17.3 Å². The Balaban J connectivity index is 1.69. The molecule has 0 aliphatic carbocycles. The number of hydrogen-bond donors (Lipinski definition) is 0. The van der Waals surface area contributed by atoms with Gasteiger partial charge in [-0.25, -0.2) is 0 Å². The summed E-state index contributed by atoms with van der Waals surface area (Å²) in [4.78, 5) is 16.8. The summed E-state index contributed by atoms with van der Waals surface area (Å²) in [6, 6.07) is 7.83. The van der Waals surface area contributed by atoms with E-state index in [1.807, 2.05) is 24.3 Å². The van der Waals surface area contributed by atoms with E-state index in [0.717, 1.165) is 10.6 Å². The van der Waals surface area contributed by atoms with E-state index in [0.29, 0.717) is 17.5 Å². The van der Waals surface area contributed by atoms with Crippen LogP contribution in [0.2, 0.25) is 0 Å². The van der Waals surface area contributed by atoms with E-state index in [1.165, 1.54) is 7.11 Å². The minimum absolute atomic E-state index is 0.0425. The maximum Gasteiger partial charge on any atom is 0.234 e. The number of hydrogen-bond acceptors (Lipinski definition) is 7. The lowest BCUT2D eigenvalue weighted by atomic mass is 10.3. The Morgan fingerprint density at radius 3 is 3.19 bits per heavy atom. The number of ketones is 1. The molecule has 1 aliphatic rings. The van der Waals surface area contributed by atoms with Crippen molar-refractivity contribution >= 4 is 17.5 Å². The van der Waals surface area contributed by atoms with Gasteiger partial charge >= 0.3 is 0 Å². The molecule has 1 aromatic heterocycles. The highest BCUT2D eigenvalue weighted by Gasteiger charge is 2.26. The number of fused-ring (bicyclic) bond motifs is 1. The number of ether oxygens (including phenoxy) is 2. The van der Waals surface area contributed by atoms with Gasteiger partial charge in [0.25, 0.3) is 0 Å². The van der Waals surface area contributed by atoms with E-state index in [1.54, 1.807) is 11.8 Å². The Labute approximate surface area is 125 Å². The van der Waals surface area contributed by atoms with E-state index < -0.39 is 0 Å². The van der Waals surface area contributed by atoms with Gasteiger partial charge in [0.2, 0.25) is 11.7 Å². The molecule has 0 radical (unpaired) electrons. The molecule has 1 aliphatic heterocycles. The lowest BCUT2D eigenvalue weighted by molar-refractivity contribution is -0.122. The maximum atomic E-state index is 11.5. The molecule has 0 spiro atoms. The average Bonchev–Trinajstić information content (AvgIpc) is 2.95. The monoisotopic (exact) mass is 306 g/mol. The SMILES string of the molecule is COCC(=O)Cc1nc(C2CSc3ccccc3O2)no1. The second-order valence-electron chi connectivity index (χ2n) is 4.56. The highest BCUT2D eigenvalue weighted by atomic mass is 32.2. The Bertz CT molecular complexity index is 643. The number of aromatic nitrogens is 2. The Morgan fingerprint density at radius 2 is 2.33 bits per heavy atom. The van der Waals surface area contributed by atoms with Gasteiger partial charge in [0.1, 0.15) is 12.4 Å². The predicted octanol–water partition coefficient (Wildman–Crippen LogP) is 2.05. The van der Waals surface area contributed by atoms with Crippen LogP contribution >= 0.6 is 11.8 Å². The number of thioether (sulfide) groups is 1. The number of carbonyl (C=O) groups is 1. The smallest absolute Gasteiger partial charge is 0.234 e. The highest BCUT2D eigenvalue weighted by molar-refractivity contribution is 7.99. The molecule has 0 bridgehead atoms. The maximum absolute atomic E-state index is 11.5. The molecule has 0 saturated heterocycles. The molecule has 2 aromatic rings. The molecule has 0 saturated carbocycles. The third-order valence-corrected chi connectivity index (χ3v) is 4.05. The lowest BCUT2D eigenvalue weighted by Crippen LogP contribution is -2.16. The predicted molar refractivity (Wildman–Crippen MR) is 75.4 cm³/mol. The first-order chi connectivity index (χ1) is 10.3. The molecule has 0 N–H and O–H groups in total. The van der Waals surface area contributed by atoms with Gasteiger partial charge in [0.15, 0.2) is 11.9 Å². The topological polar surface area (TPSA) is 74.5 Å². The number of rotatable bonds is 5. The van der Waals surface area contributed by atoms with Crippen LogP contribution in [0.25, 0.3) is 0 Å². The van der Waals surface area contributed by atoms with E-state index in [2.05, 4.69) is 10.1 Å². The van der Waals surface area contributed by atoms with Crippen molar-refractivity contribution in [1.82, 2.24) is 10.1 Å². The second kappa shape index (κ2) is 6.28. The van der Waals surface area contributed by atoms with Crippen LogP contribution in [0.4, 0.5) is 0 Å². The Morgan fingerprint density at radius 1 is 1.48 bits per heavy atom. The third kappa shape index (κ3) is 3.25. The summed E-state index contributed by atoms with van der Waals surface area (Å²) in [5.74, 6) is 2.19. The van der Waals surface area contributed by atoms with Crippen LogP contribution in [-0.4, -0.2) is 35.4 Å². The van der Waals surface area contributed by atoms with Crippen molar-refractivity contribution in [2.45, 2.75) is 17.4 Å². The summed E-state index contributed by atoms with van der Waals surface area (Å²) in [5.41, 5.74) is 0. The zero-order valence-electron chi connectivity index (χ0n) is 11.4. The van der Waals surface area contributed by atoms with E-state index in [4.69, 9.17) is 14.0 Å². The molecule has 1 atom stereocenters. The summed E-state index contributed by atoms with van der Waals surface area (Å²) < 4.78 is 15.7. The van der Waals surface area contributed by atoms with Gasteiger partial charge in [-0.15, -0.1) is 11.8 Å². The second-order valence-corrected chi connectivity index (χ2v) is 5.62. The molecular weight excluding hydrogens is 292 g/mol. The Kier molecular flexibility index (Phi) is 4.21. The summed E-state index contributed by atoms with van der Waals surface area (Å²) in [5, 5.41) is 3.91. The van der Waals surface area contributed by atoms with Crippen molar-refractivity contribution in [3.8, 4) is 5.75 Å². The molecule has 110 valence electrons. The van der Waals surface area contributed by atoms with E-state index in [9.17, 15) is 4.79 Å². The molecule has 7 heteroatoms. The molecule has 0 amide bonds. The van der Waals surface area contributed by atoms with Crippen molar-refractivity contribution in [2.75, 3.05) is 19.5 Å². The molecule has 2 heterocycles. The number of carbonyl (C=O) groups excluding carboxylic acids is 1. The van der Waals surface area contributed by atoms with Gasteiger partial charge in [0.05, 0.1) is 6.42 Å². The van der Waals surface area contributed by atoms with Crippen LogP contribution in [0.3, 0.4) is 0 Å². The third-order valence-electron chi connectivity index (χ3n) is 2.93. The zero-order valence-corrected chi connectivity index (χ0v) is 12.3. The molecule has 0 fully saturated rings. The van der Waals surface area contributed by atoms with Crippen LogP contribution in [0.5, 0.6) is 5.75 Å². The summed E-state index contributed by atoms with van der Waals surface area (Å²) >= 11 is 1.69. The van der Waals surface area contributed by atoms with Gasteiger partial charge in [-0.3, -0.25) is 4.79 Å². The van der Waals surface area contributed by atoms with Gasteiger partial charge in [-0.05, 0) is 12.1 Å². The molecule has 21 heavy (non-hydrogen) atoms. The summed E-state index contributed by atoms with van der Waals surface area (Å²) in [7, 11) is 1.47. The van der Waals surface area contributed by atoms with Gasteiger partial charge < -0.3 is 14.0 Å². The van der Waals surface area contributed by atoms with Crippen LogP contribution in [0.15, 0.2) is 33.7 Å². The molecule has 1 aromatic carbocycles. The standard InChI is InChI=1S/C14H14N2O4S/c1-18-7-9(17)6-13-15-14(16-20-13)11-8-21-12-5-3-2-4-10(12)19-11/h2-5,11H,6-8H2,1H3. The molecule has 1 unspecified atom stereocenters.